The smallest absolute Gasteiger partial charge is 0.251 e. The monoisotopic (exact) mass is 260 g/mol. The van der Waals surface area contributed by atoms with Crippen molar-refractivity contribution < 1.29 is 9.90 Å². The van der Waals surface area contributed by atoms with Crippen molar-refractivity contribution in [2.24, 2.45) is 0 Å². The molecule has 0 spiro atoms. The van der Waals surface area contributed by atoms with Crippen LogP contribution in [0.3, 0.4) is 0 Å². The molecule has 1 fully saturated rings. The van der Waals surface area contributed by atoms with Crippen LogP contribution in [0.4, 0.5) is 0 Å². The van der Waals surface area contributed by atoms with E-state index in [0.717, 1.165) is 19.4 Å². The van der Waals surface area contributed by atoms with Gasteiger partial charge < -0.3 is 15.7 Å². The molecule has 4 heteroatoms. The van der Waals surface area contributed by atoms with Crippen LogP contribution in [0.15, 0.2) is 18.2 Å². The van der Waals surface area contributed by atoms with Crippen LogP contribution in [0.5, 0.6) is 0 Å². The van der Waals surface area contributed by atoms with Gasteiger partial charge in [0.2, 0.25) is 0 Å². The number of benzene rings is 1. The molecule has 1 aromatic rings. The Morgan fingerprint density at radius 3 is 3.00 bits per heavy atom. The van der Waals surface area contributed by atoms with Crippen LogP contribution in [0.1, 0.15) is 34.3 Å². The summed E-state index contributed by atoms with van der Waals surface area (Å²) in [6.45, 7) is 1.68. The van der Waals surface area contributed by atoms with Crippen molar-refractivity contribution in [1.82, 2.24) is 10.6 Å². The number of nitrogens with one attached hydrogen (secondary N) is 2. The highest BCUT2D eigenvalue weighted by Crippen LogP contribution is 2.22. The van der Waals surface area contributed by atoms with Crippen LogP contribution in [0.2, 0.25) is 0 Å². The van der Waals surface area contributed by atoms with E-state index in [4.69, 9.17) is 0 Å². The zero-order valence-electron chi connectivity index (χ0n) is 11.0. The lowest BCUT2D eigenvalue weighted by Crippen LogP contribution is -2.44. The van der Waals surface area contributed by atoms with Crippen LogP contribution in [0, 0.1) is 0 Å². The van der Waals surface area contributed by atoms with Crippen LogP contribution in [0.25, 0.3) is 0 Å². The van der Waals surface area contributed by atoms with Crippen molar-refractivity contribution in [3.8, 4) is 0 Å². The number of hydrogen-bond acceptors (Lipinski definition) is 3. The predicted octanol–water partition coefficient (Wildman–Crippen LogP) is 0.629. The Bertz CT molecular complexity index is 493. The van der Waals surface area contributed by atoms with Gasteiger partial charge in [-0.05, 0) is 55.5 Å². The van der Waals surface area contributed by atoms with Crippen LogP contribution in [-0.4, -0.2) is 36.2 Å². The van der Waals surface area contributed by atoms with Gasteiger partial charge in [-0.1, -0.05) is 6.07 Å². The minimum absolute atomic E-state index is 0.0879. The Morgan fingerprint density at radius 2 is 2.21 bits per heavy atom. The summed E-state index contributed by atoms with van der Waals surface area (Å²) in [7, 11) is 0. The number of hydrogen-bond donors (Lipinski definition) is 3. The molecule has 4 nitrogen and oxygen atoms in total. The second-order valence-corrected chi connectivity index (χ2v) is 5.67. The molecule has 0 saturated carbocycles. The second kappa shape index (κ2) is 4.94. The SMILES string of the molecule is O=C(NCC1(O)CCNC1)c1ccc2c(c1)CCC2. The highest BCUT2D eigenvalue weighted by Gasteiger charge is 2.31. The van der Waals surface area contributed by atoms with Crippen LogP contribution >= 0.6 is 0 Å². The van der Waals surface area contributed by atoms with E-state index in [1.54, 1.807) is 0 Å². The quantitative estimate of drug-likeness (QED) is 0.747. The summed E-state index contributed by atoms with van der Waals surface area (Å²) >= 11 is 0. The summed E-state index contributed by atoms with van der Waals surface area (Å²) in [5.74, 6) is -0.0879. The molecule has 1 aliphatic heterocycles. The maximum Gasteiger partial charge on any atom is 0.251 e. The van der Waals surface area contributed by atoms with E-state index in [-0.39, 0.29) is 5.91 Å². The molecule has 1 amide bonds. The Balaban J connectivity index is 1.64. The van der Waals surface area contributed by atoms with E-state index >= 15 is 0 Å². The molecular weight excluding hydrogens is 240 g/mol. The molecule has 3 N–H and O–H groups in total. The average molecular weight is 260 g/mol. The first kappa shape index (κ1) is 12.6. The summed E-state index contributed by atoms with van der Waals surface area (Å²) in [6, 6.07) is 5.94. The standard InChI is InChI=1S/C15H20N2O2/c18-14(17-10-15(19)6-7-16-9-15)13-5-4-11-2-1-3-12(11)8-13/h4-5,8,16,19H,1-3,6-7,9-10H2,(H,17,18). The first-order valence-electron chi connectivity index (χ1n) is 6.99. The third-order valence-electron chi connectivity index (χ3n) is 4.16. The molecule has 1 unspecified atom stereocenters. The molecular formula is C15H20N2O2. The van der Waals surface area contributed by atoms with Gasteiger partial charge in [0.05, 0.1) is 5.60 Å². The Labute approximate surface area is 113 Å². The minimum Gasteiger partial charge on any atom is -0.387 e. The van der Waals surface area contributed by atoms with E-state index in [2.05, 4.69) is 16.7 Å². The number of aryl methyl sites for hydroxylation is 2. The lowest BCUT2D eigenvalue weighted by atomic mass is 10.0. The van der Waals surface area contributed by atoms with Crippen molar-refractivity contribution >= 4 is 5.91 Å². The Morgan fingerprint density at radius 1 is 1.37 bits per heavy atom. The zero-order valence-corrected chi connectivity index (χ0v) is 11.0. The van der Waals surface area contributed by atoms with Crippen molar-refractivity contribution in [1.29, 1.82) is 0 Å². The fourth-order valence-electron chi connectivity index (χ4n) is 2.94. The number of carbonyl (C=O) groups excluding carboxylic acids is 1. The number of carbonyl (C=O) groups is 1. The average Bonchev–Trinajstić information content (AvgIpc) is 3.04. The van der Waals surface area contributed by atoms with Gasteiger partial charge in [0, 0.05) is 18.7 Å². The first-order valence-corrected chi connectivity index (χ1v) is 6.99. The summed E-state index contributed by atoms with van der Waals surface area (Å²) in [6.07, 6.45) is 4.08. The van der Waals surface area contributed by atoms with Gasteiger partial charge in [-0.3, -0.25) is 4.79 Å². The fourth-order valence-corrected chi connectivity index (χ4v) is 2.94. The van der Waals surface area contributed by atoms with E-state index in [1.807, 2.05) is 12.1 Å². The minimum atomic E-state index is -0.785. The molecule has 102 valence electrons. The topological polar surface area (TPSA) is 61.4 Å². The molecule has 1 aliphatic carbocycles. The molecule has 3 rings (SSSR count). The molecule has 2 aliphatic rings. The normalized spacial score (nSPS) is 25.3. The van der Waals surface area contributed by atoms with Gasteiger partial charge >= 0.3 is 0 Å². The number of aliphatic hydroxyl groups is 1. The molecule has 0 radical (unpaired) electrons. The van der Waals surface area contributed by atoms with Crippen molar-refractivity contribution in [3.63, 3.8) is 0 Å². The van der Waals surface area contributed by atoms with Crippen molar-refractivity contribution in [3.05, 3.63) is 34.9 Å². The molecule has 1 heterocycles. The third kappa shape index (κ3) is 2.65. The van der Waals surface area contributed by atoms with Gasteiger partial charge in [-0.15, -0.1) is 0 Å². The number of amides is 1. The number of fused-ring (bicyclic) bond motifs is 1. The van der Waals surface area contributed by atoms with Crippen LogP contribution in [-0.2, 0) is 12.8 Å². The predicted molar refractivity (Wildman–Crippen MR) is 73.2 cm³/mol. The molecule has 1 aromatic carbocycles. The summed E-state index contributed by atoms with van der Waals surface area (Å²) in [5.41, 5.74) is 2.59. The molecule has 0 bridgehead atoms. The van der Waals surface area contributed by atoms with Crippen molar-refractivity contribution in [2.45, 2.75) is 31.3 Å². The van der Waals surface area contributed by atoms with Crippen LogP contribution < -0.4 is 10.6 Å². The number of β-amino-alcohol motifs (C(OH)–C–C–N with tert-alkyl or cyclic N) is 1. The van der Waals surface area contributed by atoms with Crippen molar-refractivity contribution in [2.75, 3.05) is 19.6 Å². The highest BCUT2D eigenvalue weighted by molar-refractivity contribution is 5.94. The largest absolute Gasteiger partial charge is 0.387 e. The Kier molecular flexibility index (Phi) is 3.29. The van der Waals surface area contributed by atoms with E-state index in [0.29, 0.717) is 25.1 Å². The van der Waals surface area contributed by atoms with Gasteiger partial charge in [-0.25, -0.2) is 0 Å². The maximum atomic E-state index is 12.1. The molecule has 1 atom stereocenters. The fraction of sp³-hybridized carbons (Fsp3) is 0.533. The maximum absolute atomic E-state index is 12.1. The summed E-state index contributed by atoms with van der Waals surface area (Å²) in [4.78, 5) is 12.1. The third-order valence-corrected chi connectivity index (χ3v) is 4.16. The zero-order chi connectivity index (χ0) is 13.3. The second-order valence-electron chi connectivity index (χ2n) is 5.67. The van der Waals surface area contributed by atoms with E-state index in [9.17, 15) is 9.90 Å². The number of rotatable bonds is 3. The summed E-state index contributed by atoms with van der Waals surface area (Å²) < 4.78 is 0. The molecule has 1 saturated heterocycles. The lowest BCUT2D eigenvalue weighted by molar-refractivity contribution is 0.0562. The first-order chi connectivity index (χ1) is 9.16. The summed E-state index contributed by atoms with van der Waals surface area (Å²) in [5, 5.41) is 16.1. The van der Waals surface area contributed by atoms with E-state index < -0.39 is 5.60 Å². The van der Waals surface area contributed by atoms with Gasteiger partial charge in [0.25, 0.3) is 5.91 Å². The van der Waals surface area contributed by atoms with Gasteiger partial charge in [-0.2, -0.15) is 0 Å². The molecule has 0 aromatic heterocycles. The highest BCUT2D eigenvalue weighted by atomic mass is 16.3. The lowest BCUT2D eigenvalue weighted by Gasteiger charge is -2.21. The Hall–Kier alpha value is -1.39. The molecule has 19 heavy (non-hydrogen) atoms. The van der Waals surface area contributed by atoms with Gasteiger partial charge in [0.1, 0.15) is 0 Å². The van der Waals surface area contributed by atoms with E-state index in [1.165, 1.54) is 17.5 Å². The van der Waals surface area contributed by atoms with Gasteiger partial charge in [0.15, 0.2) is 0 Å².